The molecular formula is C15H19N5O3. The molecule has 1 saturated heterocycles. The fourth-order valence-corrected chi connectivity index (χ4v) is 2.55. The van der Waals surface area contributed by atoms with Crippen molar-refractivity contribution in [2.24, 2.45) is 5.92 Å². The molecule has 1 amide bonds. The van der Waals surface area contributed by atoms with E-state index in [1.54, 1.807) is 0 Å². The van der Waals surface area contributed by atoms with Gasteiger partial charge in [0.2, 0.25) is 0 Å². The average molecular weight is 317 g/mol. The van der Waals surface area contributed by atoms with Crippen molar-refractivity contribution in [3.63, 3.8) is 0 Å². The first-order valence-electron chi connectivity index (χ1n) is 7.72. The van der Waals surface area contributed by atoms with Gasteiger partial charge in [-0.1, -0.05) is 6.92 Å². The van der Waals surface area contributed by atoms with Crippen LogP contribution < -0.4 is 21.9 Å². The standard InChI is InChI=1S/C15H19N5O3/c1-2-3-20-12-11(14(22)19-15(20)23)4-10(8-17-12)13(21)18-7-9-5-16-6-9/h4,8-9,16H,2-3,5-7H2,1H3,(H,18,21)(H,19,22,23). The van der Waals surface area contributed by atoms with Crippen LogP contribution in [0.25, 0.3) is 11.0 Å². The van der Waals surface area contributed by atoms with Gasteiger partial charge < -0.3 is 10.6 Å². The minimum atomic E-state index is -0.525. The molecule has 3 N–H and O–H groups in total. The van der Waals surface area contributed by atoms with Crippen molar-refractivity contribution in [1.82, 2.24) is 25.2 Å². The van der Waals surface area contributed by atoms with E-state index in [1.165, 1.54) is 16.8 Å². The molecule has 0 bridgehead atoms. The molecule has 1 aliphatic heterocycles. The van der Waals surface area contributed by atoms with E-state index >= 15 is 0 Å². The SMILES string of the molecule is CCCn1c(=O)[nH]c(=O)c2cc(C(=O)NCC3CNC3)cnc21. The Kier molecular flexibility index (Phi) is 4.24. The number of aromatic amines is 1. The average Bonchev–Trinajstić information content (AvgIpc) is 2.49. The smallest absolute Gasteiger partial charge is 0.329 e. The molecule has 1 aliphatic rings. The summed E-state index contributed by atoms with van der Waals surface area (Å²) in [6.07, 6.45) is 2.14. The highest BCUT2D eigenvalue weighted by Crippen LogP contribution is 2.09. The van der Waals surface area contributed by atoms with E-state index < -0.39 is 11.2 Å². The highest BCUT2D eigenvalue weighted by molar-refractivity contribution is 5.96. The second kappa shape index (κ2) is 6.33. The normalized spacial score (nSPS) is 14.7. The number of amides is 1. The summed E-state index contributed by atoms with van der Waals surface area (Å²) in [6.45, 7) is 4.79. The van der Waals surface area contributed by atoms with E-state index in [0.717, 1.165) is 19.5 Å². The van der Waals surface area contributed by atoms with Crippen LogP contribution in [0.2, 0.25) is 0 Å². The number of carbonyl (C=O) groups excluding carboxylic acids is 1. The second-order valence-corrected chi connectivity index (χ2v) is 5.74. The van der Waals surface area contributed by atoms with Gasteiger partial charge in [0.05, 0.1) is 10.9 Å². The third kappa shape index (κ3) is 3.02. The van der Waals surface area contributed by atoms with Gasteiger partial charge in [-0.05, 0) is 12.5 Å². The molecule has 1 fully saturated rings. The summed E-state index contributed by atoms with van der Waals surface area (Å²) >= 11 is 0. The number of fused-ring (bicyclic) bond motifs is 1. The minimum Gasteiger partial charge on any atom is -0.352 e. The molecule has 0 saturated carbocycles. The molecule has 0 aliphatic carbocycles. The van der Waals surface area contributed by atoms with E-state index in [4.69, 9.17) is 0 Å². The van der Waals surface area contributed by atoms with Crippen molar-refractivity contribution in [1.29, 1.82) is 0 Å². The number of nitrogens with one attached hydrogen (secondary N) is 3. The summed E-state index contributed by atoms with van der Waals surface area (Å²) in [4.78, 5) is 42.5. The Labute approximate surface area is 131 Å². The lowest BCUT2D eigenvalue weighted by molar-refractivity contribution is 0.0942. The predicted molar refractivity (Wildman–Crippen MR) is 85.6 cm³/mol. The first-order chi connectivity index (χ1) is 11.1. The number of carbonyl (C=O) groups is 1. The number of pyridine rings is 1. The molecular weight excluding hydrogens is 298 g/mol. The molecule has 0 unspecified atom stereocenters. The number of hydrogen-bond acceptors (Lipinski definition) is 5. The Balaban J connectivity index is 1.93. The Hall–Kier alpha value is -2.48. The molecule has 2 aromatic rings. The zero-order chi connectivity index (χ0) is 16.4. The van der Waals surface area contributed by atoms with Crippen LogP contribution >= 0.6 is 0 Å². The maximum absolute atomic E-state index is 12.2. The van der Waals surface area contributed by atoms with Crippen LogP contribution in [0.1, 0.15) is 23.7 Å². The number of aromatic nitrogens is 3. The number of rotatable bonds is 5. The maximum atomic E-state index is 12.2. The molecule has 0 spiro atoms. The molecule has 122 valence electrons. The van der Waals surface area contributed by atoms with Gasteiger partial charge in [-0.15, -0.1) is 0 Å². The van der Waals surface area contributed by atoms with E-state index in [9.17, 15) is 14.4 Å². The maximum Gasteiger partial charge on any atom is 0.329 e. The van der Waals surface area contributed by atoms with Gasteiger partial charge >= 0.3 is 5.69 Å². The Morgan fingerprint density at radius 1 is 1.43 bits per heavy atom. The fraction of sp³-hybridized carbons (Fsp3) is 0.467. The molecule has 23 heavy (non-hydrogen) atoms. The van der Waals surface area contributed by atoms with Crippen molar-refractivity contribution in [2.75, 3.05) is 19.6 Å². The van der Waals surface area contributed by atoms with E-state index in [-0.39, 0.29) is 11.3 Å². The van der Waals surface area contributed by atoms with E-state index in [1.807, 2.05) is 6.92 Å². The summed E-state index contributed by atoms with van der Waals surface area (Å²) in [6, 6.07) is 1.49. The minimum absolute atomic E-state index is 0.246. The zero-order valence-electron chi connectivity index (χ0n) is 12.9. The number of nitrogens with zero attached hydrogens (tertiary/aromatic N) is 2. The summed E-state index contributed by atoms with van der Waals surface area (Å²) < 4.78 is 1.42. The third-order valence-corrected chi connectivity index (χ3v) is 3.96. The number of hydrogen-bond donors (Lipinski definition) is 3. The molecule has 3 rings (SSSR count). The largest absolute Gasteiger partial charge is 0.352 e. The van der Waals surface area contributed by atoms with Gasteiger partial charge in [-0.2, -0.15) is 0 Å². The molecule has 0 radical (unpaired) electrons. The topological polar surface area (TPSA) is 109 Å². The van der Waals surface area contributed by atoms with Gasteiger partial charge in [0.25, 0.3) is 11.5 Å². The Bertz CT molecular complexity index is 850. The predicted octanol–water partition coefficient (Wildman–Crippen LogP) is -0.556. The van der Waals surface area contributed by atoms with Gasteiger partial charge in [0, 0.05) is 38.3 Å². The lowest BCUT2D eigenvalue weighted by Crippen LogP contribution is -2.48. The summed E-state index contributed by atoms with van der Waals surface area (Å²) in [5.74, 6) is 0.185. The van der Waals surface area contributed by atoms with Crippen molar-refractivity contribution >= 4 is 16.9 Å². The highest BCUT2D eigenvalue weighted by atomic mass is 16.2. The Morgan fingerprint density at radius 3 is 2.87 bits per heavy atom. The van der Waals surface area contributed by atoms with Crippen molar-refractivity contribution in [2.45, 2.75) is 19.9 Å². The van der Waals surface area contributed by atoms with Crippen molar-refractivity contribution in [3.8, 4) is 0 Å². The molecule has 0 atom stereocenters. The van der Waals surface area contributed by atoms with Gasteiger partial charge in [0.1, 0.15) is 5.65 Å². The van der Waals surface area contributed by atoms with Crippen LogP contribution in [0.3, 0.4) is 0 Å². The second-order valence-electron chi connectivity index (χ2n) is 5.74. The van der Waals surface area contributed by atoms with Gasteiger partial charge in [0.15, 0.2) is 0 Å². The quantitative estimate of drug-likeness (QED) is 0.685. The van der Waals surface area contributed by atoms with Crippen LogP contribution in [0.15, 0.2) is 21.9 Å². The summed E-state index contributed by atoms with van der Waals surface area (Å²) in [5.41, 5.74) is -0.383. The lowest BCUT2D eigenvalue weighted by Gasteiger charge is -2.27. The summed E-state index contributed by atoms with van der Waals surface area (Å²) in [5, 5.41) is 6.22. The van der Waals surface area contributed by atoms with Crippen LogP contribution in [0.5, 0.6) is 0 Å². The zero-order valence-corrected chi connectivity index (χ0v) is 12.9. The molecule has 3 heterocycles. The van der Waals surface area contributed by atoms with Crippen LogP contribution in [-0.2, 0) is 6.54 Å². The lowest BCUT2D eigenvalue weighted by atomic mass is 10.0. The molecule has 0 aromatic carbocycles. The van der Waals surface area contributed by atoms with E-state index in [0.29, 0.717) is 30.2 Å². The Morgan fingerprint density at radius 2 is 2.22 bits per heavy atom. The number of aryl methyl sites for hydroxylation is 1. The van der Waals surface area contributed by atoms with Crippen LogP contribution in [0.4, 0.5) is 0 Å². The first-order valence-corrected chi connectivity index (χ1v) is 7.72. The van der Waals surface area contributed by atoms with Crippen LogP contribution in [0, 0.1) is 5.92 Å². The third-order valence-electron chi connectivity index (χ3n) is 3.96. The molecule has 8 nitrogen and oxygen atoms in total. The fourth-order valence-electron chi connectivity index (χ4n) is 2.55. The highest BCUT2D eigenvalue weighted by Gasteiger charge is 2.18. The first kappa shape index (κ1) is 15.4. The van der Waals surface area contributed by atoms with Crippen LogP contribution in [-0.4, -0.2) is 40.1 Å². The number of H-pyrrole nitrogens is 1. The monoisotopic (exact) mass is 317 g/mol. The van der Waals surface area contributed by atoms with Crippen molar-refractivity contribution < 1.29 is 4.79 Å². The molecule has 8 heteroatoms. The summed E-state index contributed by atoms with van der Waals surface area (Å²) in [7, 11) is 0. The van der Waals surface area contributed by atoms with Gasteiger partial charge in [-0.25, -0.2) is 9.78 Å². The molecule has 2 aromatic heterocycles. The van der Waals surface area contributed by atoms with E-state index in [2.05, 4.69) is 20.6 Å². The van der Waals surface area contributed by atoms with Gasteiger partial charge in [-0.3, -0.25) is 19.1 Å². The van der Waals surface area contributed by atoms with Crippen molar-refractivity contribution in [3.05, 3.63) is 38.7 Å².